The van der Waals surface area contributed by atoms with Crippen LogP contribution in [0.15, 0.2) is 0 Å². The summed E-state index contributed by atoms with van der Waals surface area (Å²) in [6.07, 6.45) is -11.0. The summed E-state index contributed by atoms with van der Waals surface area (Å²) in [6.45, 7) is 2.39. The minimum Gasteiger partial charge on any atom is -0.477 e. The minimum absolute atomic E-state index is 0.120. The van der Waals surface area contributed by atoms with Crippen molar-refractivity contribution in [2.45, 2.75) is 62.6 Å². The molecular weight excluding hydrogens is 358 g/mol. The van der Waals surface area contributed by atoms with E-state index in [1.165, 1.54) is 6.92 Å². The molecule has 7 atom stereocenters. The molecule has 26 heavy (non-hydrogen) atoms. The molecular formula is C14H23NO11. The van der Waals surface area contributed by atoms with Gasteiger partial charge in [-0.2, -0.15) is 0 Å². The largest absolute Gasteiger partial charge is 0.477 e. The number of amides is 1. The van der Waals surface area contributed by atoms with Crippen LogP contribution in [-0.2, 0) is 23.9 Å². The van der Waals surface area contributed by atoms with Crippen molar-refractivity contribution in [2.24, 2.45) is 0 Å². The van der Waals surface area contributed by atoms with Crippen molar-refractivity contribution in [3.63, 3.8) is 0 Å². The summed E-state index contributed by atoms with van der Waals surface area (Å²) in [7, 11) is 0. The summed E-state index contributed by atoms with van der Waals surface area (Å²) in [6, 6.07) is -1.44. The molecule has 0 spiro atoms. The highest BCUT2D eigenvalue weighted by Gasteiger charge is 2.54. The molecule has 0 aromatic carbocycles. The van der Waals surface area contributed by atoms with Crippen LogP contribution < -0.4 is 5.32 Å². The van der Waals surface area contributed by atoms with E-state index >= 15 is 0 Å². The first-order chi connectivity index (χ1) is 11.9. The maximum Gasteiger partial charge on any atom is 0.364 e. The maximum atomic E-state index is 11.5. The average molecular weight is 381 g/mol. The number of hydrogen-bond donors (Lipinski definition) is 7. The van der Waals surface area contributed by atoms with Crippen LogP contribution in [-0.4, -0.2) is 97.4 Å². The number of esters is 1. The highest BCUT2D eigenvalue weighted by Crippen LogP contribution is 2.31. The number of nitrogens with one attached hydrogen (secondary N) is 1. The van der Waals surface area contributed by atoms with Crippen LogP contribution in [0.25, 0.3) is 0 Å². The molecule has 1 heterocycles. The summed E-state index contributed by atoms with van der Waals surface area (Å²) in [5, 5.41) is 61.2. The van der Waals surface area contributed by atoms with Crippen molar-refractivity contribution in [2.75, 3.05) is 6.61 Å². The smallest absolute Gasteiger partial charge is 0.364 e. The van der Waals surface area contributed by atoms with Gasteiger partial charge in [0.15, 0.2) is 6.10 Å². The van der Waals surface area contributed by atoms with Gasteiger partial charge in [-0.15, -0.1) is 0 Å². The number of rotatable bonds is 7. The Kier molecular flexibility index (Phi) is 7.44. The van der Waals surface area contributed by atoms with Crippen molar-refractivity contribution in [1.82, 2.24) is 5.32 Å². The molecule has 0 radical (unpaired) electrons. The Morgan fingerprint density at radius 1 is 1.31 bits per heavy atom. The lowest BCUT2D eigenvalue weighted by atomic mass is 9.87. The van der Waals surface area contributed by atoms with E-state index in [9.17, 15) is 39.9 Å². The number of carbonyl (C=O) groups is 3. The predicted molar refractivity (Wildman–Crippen MR) is 80.3 cm³/mol. The zero-order chi connectivity index (χ0) is 20.2. The molecule has 1 aliphatic rings. The fourth-order valence-electron chi connectivity index (χ4n) is 2.56. The summed E-state index contributed by atoms with van der Waals surface area (Å²) in [5.74, 6) is -6.75. The van der Waals surface area contributed by atoms with E-state index in [1.54, 1.807) is 0 Å². The van der Waals surface area contributed by atoms with Gasteiger partial charge in [-0.25, -0.2) is 9.59 Å². The molecule has 1 saturated heterocycles. The third-order valence-electron chi connectivity index (χ3n) is 3.83. The first-order valence-electron chi connectivity index (χ1n) is 7.74. The van der Waals surface area contributed by atoms with Crippen LogP contribution in [0.5, 0.6) is 0 Å². The third kappa shape index (κ3) is 4.87. The minimum atomic E-state index is -2.92. The van der Waals surface area contributed by atoms with Gasteiger partial charge in [0, 0.05) is 13.3 Å². The summed E-state index contributed by atoms with van der Waals surface area (Å²) < 4.78 is 9.39. The lowest BCUT2D eigenvalue weighted by Crippen LogP contribution is -2.68. The Balaban J connectivity index is 3.11. The van der Waals surface area contributed by atoms with E-state index in [1.807, 2.05) is 0 Å². The van der Waals surface area contributed by atoms with E-state index in [2.05, 4.69) is 10.1 Å². The van der Waals surface area contributed by atoms with E-state index in [4.69, 9.17) is 9.84 Å². The van der Waals surface area contributed by atoms with E-state index in [0.29, 0.717) is 0 Å². The van der Waals surface area contributed by atoms with Crippen LogP contribution in [0.3, 0.4) is 0 Å². The van der Waals surface area contributed by atoms with Gasteiger partial charge in [-0.3, -0.25) is 4.79 Å². The molecule has 1 fully saturated rings. The van der Waals surface area contributed by atoms with E-state index < -0.39 is 66.6 Å². The molecule has 12 nitrogen and oxygen atoms in total. The second-order valence-corrected chi connectivity index (χ2v) is 5.85. The first-order valence-corrected chi connectivity index (χ1v) is 7.74. The molecule has 0 saturated carbocycles. The highest BCUT2D eigenvalue weighted by molar-refractivity contribution is 5.76. The van der Waals surface area contributed by atoms with Crippen LogP contribution in [0.1, 0.15) is 20.3 Å². The third-order valence-corrected chi connectivity index (χ3v) is 3.83. The highest BCUT2D eigenvalue weighted by atomic mass is 16.7. The quantitative estimate of drug-likeness (QED) is 0.212. The Bertz CT molecular complexity index is 541. The predicted octanol–water partition coefficient (Wildman–Crippen LogP) is -3.94. The summed E-state index contributed by atoms with van der Waals surface area (Å²) in [5.41, 5.74) is 0. The normalized spacial score (nSPS) is 32.2. The van der Waals surface area contributed by atoms with Crippen molar-refractivity contribution >= 4 is 17.8 Å². The fourth-order valence-corrected chi connectivity index (χ4v) is 2.56. The number of aliphatic hydroxyl groups excluding tert-OH is 4. The van der Waals surface area contributed by atoms with Gasteiger partial charge in [-0.1, -0.05) is 0 Å². The first kappa shape index (κ1) is 22.2. The molecule has 1 amide bonds. The average Bonchev–Trinajstić information content (AvgIpc) is 2.54. The molecule has 1 aliphatic heterocycles. The molecule has 0 aromatic rings. The molecule has 150 valence electrons. The monoisotopic (exact) mass is 381 g/mol. The van der Waals surface area contributed by atoms with Crippen molar-refractivity contribution in [1.29, 1.82) is 0 Å². The topological polar surface area (TPSA) is 203 Å². The SMILES string of the molecule is CCOC(=O)[C@@H](O)C(O)C(O)C1O[C@](O)(C(=O)O)C[C@@H](O)[C@H]1NC(C)=O. The molecule has 3 unspecified atom stereocenters. The van der Waals surface area contributed by atoms with Crippen LogP contribution in [0.2, 0.25) is 0 Å². The van der Waals surface area contributed by atoms with Gasteiger partial charge < -0.3 is 45.4 Å². The van der Waals surface area contributed by atoms with Gasteiger partial charge in [0.2, 0.25) is 5.91 Å². The Morgan fingerprint density at radius 3 is 2.35 bits per heavy atom. The van der Waals surface area contributed by atoms with Crippen molar-refractivity contribution in [3.05, 3.63) is 0 Å². The van der Waals surface area contributed by atoms with E-state index in [-0.39, 0.29) is 6.61 Å². The van der Waals surface area contributed by atoms with Crippen LogP contribution >= 0.6 is 0 Å². The number of hydrogen-bond acceptors (Lipinski definition) is 10. The van der Waals surface area contributed by atoms with Gasteiger partial charge >= 0.3 is 11.9 Å². The maximum absolute atomic E-state index is 11.5. The molecule has 0 aliphatic carbocycles. The molecule has 7 N–H and O–H groups in total. The summed E-state index contributed by atoms with van der Waals surface area (Å²) in [4.78, 5) is 34.0. The number of carboxylic acid groups (broad SMARTS) is 1. The van der Waals surface area contributed by atoms with Gasteiger partial charge in [0.1, 0.15) is 18.3 Å². The Labute approximate surface area is 148 Å². The number of aliphatic hydroxyl groups is 5. The zero-order valence-corrected chi connectivity index (χ0v) is 14.1. The molecule has 12 heteroatoms. The van der Waals surface area contributed by atoms with Crippen LogP contribution in [0, 0.1) is 0 Å². The van der Waals surface area contributed by atoms with Gasteiger partial charge in [0.05, 0.1) is 18.8 Å². The van der Waals surface area contributed by atoms with Crippen molar-refractivity contribution in [3.8, 4) is 0 Å². The Morgan fingerprint density at radius 2 is 1.88 bits per heavy atom. The number of carbonyl (C=O) groups excluding carboxylic acids is 2. The zero-order valence-electron chi connectivity index (χ0n) is 14.1. The van der Waals surface area contributed by atoms with Gasteiger partial charge in [0.25, 0.3) is 5.79 Å². The lowest BCUT2D eigenvalue weighted by molar-refractivity contribution is -0.296. The second kappa shape index (κ2) is 8.70. The van der Waals surface area contributed by atoms with Crippen LogP contribution in [0.4, 0.5) is 0 Å². The summed E-state index contributed by atoms with van der Waals surface area (Å²) >= 11 is 0. The fraction of sp³-hybridized carbons (Fsp3) is 0.786. The number of ether oxygens (including phenoxy) is 2. The Hall–Kier alpha value is -1.83. The van der Waals surface area contributed by atoms with E-state index in [0.717, 1.165) is 6.92 Å². The number of aliphatic carboxylic acids is 1. The molecule has 0 bridgehead atoms. The molecule has 1 rings (SSSR count). The number of carboxylic acids is 1. The van der Waals surface area contributed by atoms with Gasteiger partial charge in [-0.05, 0) is 6.92 Å². The second-order valence-electron chi connectivity index (χ2n) is 5.85. The standard InChI is InChI=1S/C14H23NO11/c1-3-25-12(21)10(20)8(18)9(19)11-7(15-5(2)16)6(17)4-14(24,26-11)13(22)23/h6-11,17-20,24H,3-4H2,1-2H3,(H,15,16)(H,22,23)/t6-,7-,8?,9?,10+,11?,14+/m1/s1. The van der Waals surface area contributed by atoms with Crippen molar-refractivity contribution < 1.29 is 54.5 Å². The lowest BCUT2D eigenvalue weighted by Gasteiger charge is -2.45. The molecule has 0 aromatic heterocycles.